The van der Waals surface area contributed by atoms with E-state index in [-0.39, 0.29) is 0 Å². The third kappa shape index (κ3) is 0.830. The van der Waals surface area contributed by atoms with E-state index in [2.05, 4.69) is 4.98 Å². The molecule has 0 aliphatic rings. The standard InChI is InChI=1S/C9H8N2O/c1-7-2-3-8-4-10-6-11(8)9(7)5-12/h2-6H,1H3. The minimum Gasteiger partial charge on any atom is -0.296 e. The number of aryl methyl sites for hydroxylation is 1. The molecule has 0 spiro atoms. The summed E-state index contributed by atoms with van der Waals surface area (Å²) in [5.41, 5.74) is 2.59. The lowest BCUT2D eigenvalue weighted by molar-refractivity contribution is 0.111. The Morgan fingerprint density at radius 2 is 2.33 bits per heavy atom. The Labute approximate surface area is 69.7 Å². The van der Waals surface area contributed by atoms with Crippen molar-refractivity contribution < 1.29 is 4.79 Å². The third-order valence-corrected chi connectivity index (χ3v) is 1.95. The van der Waals surface area contributed by atoms with Crippen LogP contribution >= 0.6 is 0 Å². The predicted molar refractivity (Wildman–Crippen MR) is 45.3 cm³/mol. The van der Waals surface area contributed by atoms with Gasteiger partial charge in [-0.05, 0) is 18.6 Å². The van der Waals surface area contributed by atoms with Gasteiger partial charge in [0, 0.05) is 0 Å². The fourth-order valence-corrected chi connectivity index (χ4v) is 1.27. The minimum atomic E-state index is 0.671. The van der Waals surface area contributed by atoms with Gasteiger partial charge in [0.1, 0.15) is 0 Å². The van der Waals surface area contributed by atoms with E-state index in [1.807, 2.05) is 19.1 Å². The summed E-state index contributed by atoms with van der Waals surface area (Å²) in [6, 6.07) is 3.86. The number of hydrogen-bond acceptors (Lipinski definition) is 2. The summed E-state index contributed by atoms with van der Waals surface area (Å²) < 4.78 is 1.78. The van der Waals surface area contributed by atoms with Crippen LogP contribution < -0.4 is 0 Å². The van der Waals surface area contributed by atoms with Crippen molar-refractivity contribution in [2.45, 2.75) is 6.92 Å². The molecule has 0 aliphatic heterocycles. The van der Waals surface area contributed by atoms with E-state index in [4.69, 9.17) is 0 Å². The Kier molecular flexibility index (Phi) is 1.43. The molecule has 0 bridgehead atoms. The molecule has 0 aromatic carbocycles. The van der Waals surface area contributed by atoms with Gasteiger partial charge in [-0.15, -0.1) is 0 Å². The zero-order valence-corrected chi connectivity index (χ0v) is 6.69. The van der Waals surface area contributed by atoms with Gasteiger partial charge in [-0.25, -0.2) is 4.98 Å². The Balaban J connectivity index is 2.91. The van der Waals surface area contributed by atoms with Gasteiger partial charge in [0.2, 0.25) is 0 Å². The van der Waals surface area contributed by atoms with E-state index in [0.29, 0.717) is 5.69 Å². The lowest BCUT2D eigenvalue weighted by Crippen LogP contribution is -1.96. The first-order chi connectivity index (χ1) is 5.83. The van der Waals surface area contributed by atoms with Crippen LogP contribution in [0.4, 0.5) is 0 Å². The summed E-state index contributed by atoms with van der Waals surface area (Å²) in [5, 5.41) is 0. The second kappa shape index (κ2) is 2.44. The molecule has 60 valence electrons. The topological polar surface area (TPSA) is 34.4 Å². The van der Waals surface area contributed by atoms with Crippen LogP contribution in [0.5, 0.6) is 0 Å². The molecule has 0 saturated heterocycles. The summed E-state index contributed by atoms with van der Waals surface area (Å²) in [5.74, 6) is 0. The van der Waals surface area contributed by atoms with Crippen molar-refractivity contribution in [2.75, 3.05) is 0 Å². The average molecular weight is 160 g/mol. The van der Waals surface area contributed by atoms with E-state index in [9.17, 15) is 4.79 Å². The Morgan fingerprint density at radius 3 is 3.08 bits per heavy atom. The number of aldehydes is 1. The van der Waals surface area contributed by atoms with Gasteiger partial charge in [0.15, 0.2) is 6.29 Å². The van der Waals surface area contributed by atoms with Gasteiger partial charge in [0.05, 0.1) is 23.7 Å². The van der Waals surface area contributed by atoms with Crippen molar-refractivity contribution in [3.8, 4) is 0 Å². The van der Waals surface area contributed by atoms with Gasteiger partial charge in [-0.2, -0.15) is 0 Å². The Morgan fingerprint density at radius 1 is 1.50 bits per heavy atom. The molecule has 3 heteroatoms. The van der Waals surface area contributed by atoms with Crippen molar-refractivity contribution in [3.63, 3.8) is 0 Å². The smallest absolute Gasteiger partial charge is 0.167 e. The van der Waals surface area contributed by atoms with Crippen LogP contribution in [0.25, 0.3) is 5.52 Å². The number of aromatic nitrogens is 2. The fourth-order valence-electron chi connectivity index (χ4n) is 1.27. The molecule has 0 radical (unpaired) electrons. The molecule has 3 nitrogen and oxygen atoms in total. The number of fused-ring (bicyclic) bond motifs is 1. The molecule has 2 heterocycles. The molecule has 0 atom stereocenters. The maximum Gasteiger partial charge on any atom is 0.167 e. The van der Waals surface area contributed by atoms with Crippen LogP contribution in [0.15, 0.2) is 24.7 Å². The van der Waals surface area contributed by atoms with Gasteiger partial charge in [-0.1, -0.05) is 6.07 Å². The summed E-state index contributed by atoms with van der Waals surface area (Å²) in [7, 11) is 0. The zero-order chi connectivity index (χ0) is 8.55. The Bertz CT molecular complexity index is 431. The van der Waals surface area contributed by atoms with E-state index in [0.717, 1.165) is 17.4 Å². The number of nitrogens with zero attached hydrogens (tertiary/aromatic N) is 2. The van der Waals surface area contributed by atoms with Crippen LogP contribution in [0.2, 0.25) is 0 Å². The highest BCUT2D eigenvalue weighted by atomic mass is 16.1. The van der Waals surface area contributed by atoms with Crippen molar-refractivity contribution in [1.82, 2.24) is 9.38 Å². The number of carbonyl (C=O) groups is 1. The van der Waals surface area contributed by atoms with Crippen molar-refractivity contribution in [2.24, 2.45) is 0 Å². The molecule has 0 aliphatic carbocycles. The lowest BCUT2D eigenvalue weighted by Gasteiger charge is -2.00. The van der Waals surface area contributed by atoms with Crippen LogP contribution in [0, 0.1) is 6.92 Å². The van der Waals surface area contributed by atoms with Gasteiger partial charge in [0.25, 0.3) is 0 Å². The largest absolute Gasteiger partial charge is 0.296 e. The lowest BCUT2D eigenvalue weighted by atomic mass is 10.2. The first-order valence-corrected chi connectivity index (χ1v) is 3.70. The monoisotopic (exact) mass is 160 g/mol. The number of rotatable bonds is 1. The minimum absolute atomic E-state index is 0.671. The first-order valence-electron chi connectivity index (χ1n) is 3.70. The molecule has 0 unspecified atom stereocenters. The van der Waals surface area contributed by atoms with E-state index in [1.165, 1.54) is 0 Å². The molecule has 0 saturated carbocycles. The maximum atomic E-state index is 10.7. The van der Waals surface area contributed by atoms with Crippen LogP contribution in [-0.2, 0) is 0 Å². The third-order valence-electron chi connectivity index (χ3n) is 1.95. The van der Waals surface area contributed by atoms with Gasteiger partial charge >= 0.3 is 0 Å². The van der Waals surface area contributed by atoms with Crippen LogP contribution in [0.3, 0.4) is 0 Å². The molecule has 0 fully saturated rings. The van der Waals surface area contributed by atoms with Crippen LogP contribution in [0.1, 0.15) is 16.1 Å². The maximum absolute atomic E-state index is 10.7. The molecule has 2 aromatic rings. The first kappa shape index (κ1) is 7.03. The second-order valence-electron chi connectivity index (χ2n) is 2.71. The number of carbonyl (C=O) groups excluding carboxylic acids is 1. The summed E-state index contributed by atoms with van der Waals surface area (Å²) >= 11 is 0. The van der Waals surface area contributed by atoms with E-state index in [1.54, 1.807) is 16.9 Å². The molecule has 2 rings (SSSR count). The van der Waals surface area contributed by atoms with E-state index < -0.39 is 0 Å². The van der Waals surface area contributed by atoms with Crippen molar-refractivity contribution >= 4 is 11.8 Å². The number of pyridine rings is 1. The average Bonchev–Trinajstić information content (AvgIpc) is 2.52. The highest BCUT2D eigenvalue weighted by molar-refractivity contribution is 5.76. The summed E-state index contributed by atoms with van der Waals surface area (Å²) in [6.07, 6.45) is 4.22. The highest BCUT2D eigenvalue weighted by Crippen LogP contribution is 2.09. The SMILES string of the molecule is Cc1ccc2cncn2c1C=O. The predicted octanol–water partition coefficient (Wildman–Crippen LogP) is 1.46. The number of hydrogen-bond donors (Lipinski definition) is 0. The Hall–Kier alpha value is -1.64. The molecular formula is C9H8N2O. The highest BCUT2D eigenvalue weighted by Gasteiger charge is 2.01. The summed E-state index contributed by atoms with van der Waals surface area (Å²) in [6.45, 7) is 1.91. The van der Waals surface area contributed by atoms with E-state index >= 15 is 0 Å². The molecule has 12 heavy (non-hydrogen) atoms. The second-order valence-corrected chi connectivity index (χ2v) is 2.71. The van der Waals surface area contributed by atoms with Gasteiger partial charge in [-0.3, -0.25) is 9.20 Å². The van der Waals surface area contributed by atoms with Crippen molar-refractivity contribution in [1.29, 1.82) is 0 Å². The summed E-state index contributed by atoms with van der Waals surface area (Å²) in [4.78, 5) is 14.6. The molecule has 2 aromatic heterocycles. The normalized spacial score (nSPS) is 10.4. The zero-order valence-electron chi connectivity index (χ0n) is 6.69. The fraction of sp³-hybridized carbons (Fsp3) is 0.111. The molecular weight excluding hydrogens is 152 g/mol. The van der Waals surface area contributed by atoms with Crippen LogP contribution in [-0.4, -0.2) is 15.7 Å². The van der Waals surface area contributed by atoms with Crippen molar-refractivity contribution in [3.05, 3.63) is 35.9 Å². The van der Waals surface area contributed by atoms with Gasteiger partial charge < -0.3 is 0 Å². The molecule has 0 N–H and O–H groups in total. The quantitative estimate of drug-likeness (QED) is 0.592. The number of imidazole rings is 1. The molecule has 0 amide bonds.